The standard InChI is InChI=1S/C11H14ClNO5S3/c1-7-8(5-19-10(7)21(12,17)18)9(14)13-11(2)3-4-20(15,16)6-11/h5H,3-4,6H2,1-2H3,(H,13,14). The number of sulfone groups is 1. The Labute approximate surface area is 131 Å². The molecule has 0 aliphatic carbocycles. The molecule has 118 valence electrons. The zero-order valence-corrected chi connectivity index (χ0v) is 14.5. The molecule has 1 unspecified atom stereocenters. The Balaban J connectivity index is 2.25. The average molecular weight is 372 g/mol. The van der Waals surface area contributed by atoms with Crippen LogP contribution in [0, 0.1) is 6.92 Å². The molecule has 1 fully saturated rings. The highest BCUT2D eigenvalue weighted by molar-refractivity contribution is 8.15. The molecule has 2 rings (SSSR count). The molecule has 1 aliphatic heterocycles. The molecule has 0 bridgehead atoms. The number of hydrogen-bond donors (Lipinski definition) is 1. The molecule has 0 spiro atoms. The minimum absolute atomic E-state index is 0.0354. The molecule has 1 amide bonds. The van der Waals surface area contributed by atoms with E-state index >= 15 is 0 Å². The topological polar surface area (TPSA) is 97.4 Å². The summed E-state index contributed by atoms with van der Waals surface area (Å²) in [5.41, 5.74) is -0.355. The van der Waals surface area contributed by atoms with Gasteiger partial charge in [-0.3, -0.25) is 4.79 Å². The van der Waals surface area contributed by atoms with E-state index in [-0.39, 0.29) is 26.8 Å². The zero-order chi connectivity index (χ0) is 16.1. The number of amides is 1. The van der Waals surface area contributed by atoms with Crippen molar-refractivity contribution in [1.82, 2.24) is 5.32 Å². The second-order valence-corrected chi connectivity index (χ2v) is 11.2. The number of carbonyl (C=O) groups is 1. The number of carbonyl (C=O) groups excluding carboxylic acids is 1. The Bertz CT molecular complexity index is 796. The highest BCUT2D eigenvalue weighted by Crippen LogP contribution is 2.30. The van der Waals surface area contributed by atoms with Gasteiger partial charge >= 0.3 is 0 Å². The second-order valence-electron chi connectivity index (χ2n) is 5.36. The van der Waals surface area contributed by atoms with Crippen molar-refractivity contribution in [2.45, 2.75) is 30.0 Å². The first-order chi connectivity index (χ1) is 9.44. The van der Waals surface area contributed by atoms with Gasteiger partial charge in [-0.25, -0.2) is 16.8 Å². The summed E-state index contributed by atoms with van der Waals surface area (Å²) in [4.78, 5) is 12.2. The van der Waals surface area contributed by atoms with Crippen molar-refractivity contribution < 1.29 is 21.6 Å². The number of halogens is 1. The van der Waals surface area contributed by atoms with E-state index in [1.807, 2.05) is 0 Å². The predicted octanol–water partition coefficient (Wildman–Crippen LogP) is 1.29. The first-order valence-electron chi connectivity index (χ1n) is 5.99. The monoisotopic (exact) mass is 371 g/mol. The summed E-state index contributed by atoms with van der Waals surface area (Å²) in [5, 5.41) is 4.09. The lowest BCUT2D eigenvalue weighted by atomic mass is 10.0. The van der Waals surface area contributed by atoms with Gasteiger partial charge in [0.15, 0.2) is 9.84 Å². The van der Waals surface area contributed by atoms with Crippen LogP contribution in [0.4, 0.5) is 0 Å². The lowest BCUT2D eigenvalue weighted by Gasteiger charge is -2.23. The largest absolute Gasteiger partial charge is 0.346 e. The van der Waals surface area contributed by atoms with Crippen LogP contribution in [0.15, 0.2) is 9.59 Å². The molecule has 2 heterocycles. The Morgan fingerprint density at radius 2 is 2.10 bits per heavy atom. The Morgan fingerprint density at radius 3 is 2.52 bits per heavy atom. The van der Waals surface area contributed by atoms with E-state index < -0.39 is 30.3 Å². The lowest BCUT2D eigenvalue weighted by Crippen LogP contribution is -2.47. The molecule has 1 aliphatic rings. The number of nitrogens with one attached hydrogen (secondary N) is 1. The summed E-state index contributed by atoms with van der Waals surface area (Å²) in [6, 6.07) is 0. The van der Waals surface area contributed by atoms with E-state index in [0.717, 1.165) is 11.3 Å². The van der Waals surface area contributed by atoms with Crippen LogP contribution in [-0.2, 0) is 18.9 Å². The van der Waals surface area contributed by atoms with E-state index in [1.165, 1.54) is 12.3 Å². The van der Waals surface area contributed by atoms with E-state index in [0.29, 0.717) is 6.42 Å². The number of hydrogen-bond acceptors (Lipinski definition) is 6. The number of thiophene rings is 1. The van der Waals surface area contributed by atoms with Crippen molar-refractivity contribution >= 4 is 46.8 Å². The minimum atomic E-state index is -3.89. The summed E-state index contributed by atoms with van der Waals surface area (Å²) >= 11 is 0.869. The van der Waals surface area contributed by atoms with Crippen LogP contribution in [0.25, 0.3) is 0 Å². The van der Waals surface area contributed by atoms with Crippen LogP contribution < -0.4 is 5.32 Å². The van der Waals surface area contributed by atoms with Gasteiger partial charge in [-0.2, -0.15) is 0 Å². The van der Waals surface area contributed by atoms with E-state index in [1.54, 1.807) is 6.92 Å². The summed E-state index contributed by atoms with van der Waals surface area (Å²) in [5.74, 6) is -0.571. The second kappa shape index (κ2) is 5.22. The first kappa shape index (κ1) is 16.7. The Morgan fingerprint density at radius 1 is 1.48 bits per heavy atom. The SMILES string of the molecule is Cc1c(C(=O)NC2(C)CCS(=O)(=O)C2)csc1S(=O)(=O)Cl. The Hall–Kier alpha value is -0.640. The highest BCUT2D eigenvalue weighted by Gasteiger charge is 2.40. The van der Waals surface area contributed by atoms with Gasteiger partial charge in [-0.1, -0.05) is 0 Å². The first-order valence-corrected chi connectivity index (χ1v) is 11.0. The normalized spacial score (nSPS) is 24.9. The van der Waals surface area contributed by atoms with Crippen molar-refractivity contribution in [2.75, 3.05) is 11.5 Å². The molecule has 1 aromatic rings. The molecule has 1 atom stereocenters. The molecule has 0 saturated carbocycles. The molecule has 1 N–H and O–H groups in total. The molecule has 0 aromatic carbocycles. The highest BCUT2D eigenvalue weighted by atomic mass is 35.7. The van der Waals surface area contributed by atoms with E-state index in [4.69, 9.17) is 10.7 Å². The summed E-state index contributed by atoms with van der Waals surface area (Å²) in [7, 11) is -1.74. The fourth-order valence-corrected chi connectivity index (χ4v) is 6.96. The fourth-order valence-electron chi connectivity index (χ4n) is 2.31. The molecule has 6 nitrogen and oxygen atoms in total. The number of rotatable bonds is 3. The molecule has 21 heavy (non-hydrogen) atoms. The molecule has 0 radical (unpaired) electrons. The van der Waals surface area contributed by atoms with Crippen molar-refractivity contribution in [3.8, 4) is 0 Å². The third-order valence-electron chi connectivity index (χ3n) is 3.38. The van der Waals surface area contributed by atoms with Crippen LogP contribution in [0.5, 0.6) is 0 Å². The van der Waals surface area contributed by atoms with Crippen LogP contribution in [0.1, 0.15) is 29.3 Å². The zero-order valence-electron chi connectivity index (χ0n) is 11.3. The lowest BCUT2D eigenvalue weighted by molar-refractivity contribution is 0.0915. The van der Waals surface area contributed by atoms with Crippen molar-refractivity contribution in [2.24, 2.45) is 0 Å². The Kier molecular flexibility index (Phi) is 4.16. The maximum atomic E-state index is 12.2. The van der Waals surface area contributed by atoms with Gasteiger partial charge in [0, 0.05) is 16.1 Å². The molecule has 1 saturated heterocycles. The minimum Gasteiger partial charge on any atom is -0.346 e. The van der Waals surface area contributed by atoms with Gasteiger partial charge in [0.1, 0.15) is 4.21 Å². The molecular formula is C11H14ClNO5S3. The van der Waals surface area contributed by atoms with Crippen molar-refractivity contribution in [1.29, 1.82) is 0 Å². The summed E-state index contributed by atoms with van der Waals surface area (Å²) in [6.45, 7) is 3.16. The smallest absolute Gasteiger partial charge is 0.271 e. The maximum absolute atomic E-state index is 12.2. The van der Waals surface area contributed by atoms with Crippen molar-refractivity contribution in [3.63, 3.8) is 0 Å². The van der Waals surface area contributed by atoms with Gasteiger partial charge < -0.3 is 5.32 Å². The fraction of sp³-hybridized carbons (Fsp3) is 0.545. The van der Waals surface area contributed by atoms with Gasteiger partial charge in [0.25, 0.3) is 15.0 Å². The molecule has 1 aromatic heterocycles. The van der Waals surface area contributed by atoms with Gasteiger partial charge in [0.05, 0.1) is 22.6 Å². The van der Waals surface area contributed by atoms with Crippen LogP contribution in [0.3, 0.4) is 0 Å². The average Bonchev–Trinajstić information content (AvgIpc) is 2.78. The van der Waals surface area contributed by atoms with Gasteiger partial charge in [-0.05, 0) is 25.8 Å². The molecular weight excluding hydrogens is 358 g/mol. The quantitative estimate of drug-likeness (QED) is 0.807. The van der Waals surface area contributed by atoms with E-state index in [9.17, 15) is 21.6 Å². The van der Waals surface area contributed by atoms with Crippen LogP contribution >= 0.6 is 22.0 Å². The van der Waals surface area contributed by atoms with E-state index in [2.05, 4.69) is 5.32 Å². The third kappa shape index (κ3) is 3.58. The molecule has 10 heteroatoms. The van der Waals surface area contributed by atoms with Crippen LogP contribution in [-0.4, -0.2) is 39.8 Å². The summed E-state index contributed by atoms with van der Waals surface area (Å²) in [6.07, 6.45) is 0.338. The summed E-state index contributed by atoms with van der Waals surface area (Å²) < 4.78 is 45.7. The van der Waals surface area contributed by atoms with Crippen molar-refractivity contribution in [3.05, 3.63) is 16.5 Å². The van der Waals surface area contributed by atoms with Crippen LogP contribution in [0.2, 0.25) is 0 Å². The third-order valence-corrected chi connectivity index (χ3v) is 8.59. The predicted molar refractivity (Wildman–Crippen MR) is 81.2 cm³/mol. The van der Waals surface area contributed by atoms with Gasteiger partial charge in [-0.15, -0.1) is 11.3 Å². The maximum Gasteiger partial charge on any atom is 0.271 e. The van der Waals surface area contributed by atoms with Gasteiger partial charge in [0.2, 0.25) is 0 Å².